The second-order valence-electron chi connectivity index (χ2n) is 4.02. The molecule has 1 aromatic heterocycles. The highest BCUT2D eigenvalue weighted by molar-refractivity contribution is 6.35. The van der Waals surface area contributed by atoms with Crippen LogP contribution in [0.4, 0.5) is 0 Å². The first-order valence-electron chi connectivity index (χ1n) is 5.13. The van der Waals surface area contributed by atoms with Crippen molar-refractivity contribution in [3.63, 3.8) is 0 Å². The summed E-state index contributed by atoms with van der Waals surface area (Å²) in [4.78, 5) is 19.5. The summed E-state index contributed by atoms with van der Waals surface area (Å²) in [5.74, 6) is -0.152. The molecule has 4 nitrogen and oxygen atoms in total. The molecular formula is C11H15Cl2N3O. The van der Waals surface area contributed by atoms with Gasteiger partial charge in [0.05, 0.1) is 10.6 Å². The standard InChI is InChI=1S/C11H15Cl2N3O/c1-15(2)4-5-16(3)11(17)8-6-10(13)14-7-9(8)12/h6-7H,4-5H2,1-3H3. The van der Waals surface area contributed by atoms with Crippen molar-refractivity contribution in [2.24, 2.45) is 0 Å². The van der Waals surface area contributed by atoms with Crippen molar-refractivity contribution < 1.29 is 4.79 Å². The second kappa shape index (κ2) is 6.19. The van der Waals surface area contributed by atoms with Crippen LogP contribution in [-0.2, 0) is 0 Å². The molecule has 0 aliphatic heterocycles. The molecule has 0 unspecified atom stereocenters. The summed E-state index contributed by atoms with van der Waals surface area (Å²) >= 11 is 11.7. The molecule has 1 amide bonds. The zero-order valence-corrected chi connectivity index (χ0v) is 11.6. The Morgan fingerprint density at radius 1 is 1.29 bits per heavy atom. The Labute approximate surface area is 111 Å². The van der Waals surface area contributed by atoms with Gasteiger partial charge in [0, 0.05) is 26.3 Å². The molecule has 94 valence electrons. The smallest absolute Gasteiger partial charge is 0.255 e. The van der Waals surface area contributed by atoms with Crippen LogP contribution in [0.25, 0.3) is 0 Å². The van der Waals surface area contributed by atoms with Gasteiger partial charge in [-0.15, -0.1) is 0 Å². The molecule has 0 saturated carbocycles. The number of nitrogens with zero attached hydrogens (tertiary/aromatic N) is 3. The van der Waals surface area contributed by atoms with Gasteiger partial charge in [-0.1, -0.05) is 23.2 Å². The summed E-state index contributed by atoms with van der Waals surface area (Å²) in [6.45, 7) is 1.42. The summed E-state index contributed by atoms with van der Waals surface area (Å²) in [7, 11) is 5.64. The molecule has 0 bridgehead atoms. The molecule has 0 N–H and O–H groups in total. The number of carbonyl (C=O) groups is 1. The van der Waals surface area contributed by atoms with Crippen LogP contribution in [0.15, 0.2) is 12.3 Å². The monoisotopic (exact) mass is 275 g/mol. The number of rotatable bonds is 4. The quantitative estimate of drug-likeness (QED) is 0.789. The van der Waals surface area contributed by atoms with Gasteiger partial charge in [-0.25, -0.2) is 4.98 Å². The molecule has 1 aromatic rings. The molecule has 0 spiro atoms. The summed E-state index contributed by atoms with van der Waals surface area (Å²) < 4.78 is 0. The van der Waals surface area contributed by atoms with Crippen molar-refractivity contribution in [1.29, 1.82) is 0 Å². The molecule has 0 radical (unpaired) electrons. The minimum atomic E-state index is -0.152. The Hall–Kier alpha value is -0.840. The average molecular weight is 276 g/mol. The molecule has 0 atom stereocenters. The van der Waals surface area contributed by atoms with E-state index >= 15 is 0 Å². The Kier molecular flexibility index (Phi) is 5.18. The number of aromatic nitrogens is 1. The van der Waals surface area contributed by atoms with E-state index in [0.717, 1.165) is 6.54 Å². The third kappa shape index (κ3) is 4.15. The Bertz CT molecular complexity index is 410. The fraction of sp³-hybridized carbons (Fsp3) is 0.455. The van der Waals surface area contributed by atoms with Crippen molar-refractivity contribution in [2.75, 3.05) is 34.2 Å². The van der Waals surface area contributed by atoms with Crippen molar-refractivity contribution in [3.8, 4) is 0 Å². The van der Waals surface area contributed by atoms with Gasteiger partial charge in [-0.2, -0.15) is 0 Å². The van der Waals surface area contributed by atoms with Gasteiger partial charge in [-0.3, -0.25) is 4.79 Å². The van der Waals surface area contributed by atoms with Gasteiger partial charge in [0.2, 0.25) is 0 Å². The lowest BCUT2D eigenvalue weighted by molar-refractivity contribution is 0.0786. The van der Waals surface area contributed by atoms with E-state index < -0.39 is 0 Å². The van der Waals surface area contributed by atoms with Crippen LogP contribution < -0.4 is 0 Å². The van der Waals surface area contributed by atoms with Gasteiger partial charge in [0.25, 0.3) is 5.91 Å². The second-order valence-corrected chi connectivity index (χ2v) is 4.81. The molecule has 0 aliphatic rings. The molecule has 1 rings (SSSR count). The average Bonchev–Trinajstić information content (AvgIpc) is 2.28. The summed E-state index contributed by atoms with van der Waals surface area (Å²) in [6.07, 6.45) is 1.39. The van der Waals surface area contributed by atoms with Gasteiger partial charge < -0.3 is 9.80 Å². The lowest BCUT2D eigenvalue weighted by Crippen LogP contribution is -2.33. The predicted molar refractivity (Wildman–Crippen MR) is 69.8 cm³/mol. The number of hydrogen-bond acceptors (Lipinski definition) is 3. The van der Waals surface area contributed by atoms with Gasteiger partial charge in [-0.05, 0) is 20.2 Å². The van der Waals surface area contributed by atoms with E-state index in [1.165, 1.54) is 12.3 Å². The van der Waals surface area contributed by atoms with Crippen molar-refractivity contribution in [2.45, 2.75) is 0 Å². The van der Waals surface area contributed by atoms with E-state index in [9.17, 15) is 4.79 Å². The van der Waals surface area contributed by atoms with Crippen LogP contribution in [0.1, 0.15) is 10.4 Å². The van der Waals surface area contributed by atoms with Crippen LogP contribution >= 0.6 is 23.2 Å². The lowest BCUT2D eigenvalue weighted by Gasteiger charge is -2.20. The van der Waals surface area contributed by atoms with E-state index in [0.29, 0.717) is 17.1 Å². The SMILES string of the molecule is CN(C)CCN(C)C(=O)c1cc(Cl)ncc1Cl. The highest BCUT2D eigenvalue weighted by atomic mass is 35.5. The first-order chi connectivity index (χ1) is 7.91. The largest absolute Gasteiger partial charge is 0.340 e. The van der Waals surface area contributed by atoms with E-state index in [1.807, 2.05) is 19.0 Å². The van der Waals surface area contributed by atoms with E-state index in [1.54, 1.807) is 11.9 Å². The first-order valence-corrected chi connectivity index (χ1v) is 5.88. The number of likely N-dealkylation sites (N-methyl/N-ethyl adjacent to an activating group) is 2. The maximum absolute atomic E-state index is 12.1. The third-order valence-electron chi connectivity index (χ3n) is 2.28. The zero-order chi connectivity index (χ0) is 13.0. The Morgan fingerprint density at radius 3 is 2.53 bits per heavy atom. The molecule has 0 fully saturated rings. The molecule has 17 heavy (non-hydrogen) atoms. The van der Waals surface area contributed by atoms with Gasteiger partial charge in [0.15, 0.2) is 0 Å². The number of pyridine rings is 1. The molecule has 1 heterocycles. The highest BCUT2D eigenvalue weighted by Gasteiger charge is 2.16. The maximum atomic E-state index is 12.1. The number of amides is 1. The fourth-order valence-corrected chi connectivity index (χ4v) is 1.58. The molecule has 0 aromatic carbocycles. The van der Waals surface area contributed by atoms with Gasteiger partial charge in [0.1, 0.15) is 5.15 Å². The molecular weight excluding hydrogens is 261 g/mol. The Balaban J connectivity index is 2.78. The molecule has 0 saturated heterocycles. The normalized spacial score (nSPS) is 10.7. The lowest BCUT2D eigenvalue weighted by atomic mass is 10.2. The summed E-state index contributed by atoms with van der Waals surface area (Å²) in [5, 5.41) is 0.579. The van der Waals surface area contributed by atoms with Gasteiger partial charge >= 0.3 is 0 Å². The third-order valence-corrected chi connectivity index (χ3v) is 2.79. The van der Waals surface area contributed by atoms with Crippen LogP contribution in [0.2, 0.25) is 10.2 Å². The number of hydrogen-bond donors (Lipinski definition) is 0. The first kappa shape index (κ1) is 14.2. The van der Waals surface area contributed by atoms with Crippen LogP contribution in [-0.4, -0.2) is 54.9 Å². The minimum Gasteiger partial charge on any atom is -0.340 e. The topological polar surface area (TPSA) is 36.4 Å². The van der Waals surface area contributed by atoms with E-state index in [-0.39, 0.29) is 11.1 Å². The van der Waals surface area contributed by atoms with Crippen LogP contribution in [0.5, 0.6) is 0 Å². The van der Waals surface area contributed by atoms with E-state index in [4.69, 9.17) is 23.2 Å². The van der Waals surface area contributed by atoms with Crippen LogP contribution in [0, 0.1) is 0 Å². The maximum Gasteiger partial charge on any atom is 0.255 e. The fourth-order valence-electron chi connectivity index (χ4n) is 1.23. The summed E-state index contributed by atoms with van der Waals surface area (Å²) in [6, 6.07) is 1.48. The van der Waals surface area contributed by atoms with Crippen molar-refractivity contribution in [1.82, 2.24) is 14.8 Å². The number of halogens is 2. The Morgan fingerprint density at radius 2 is 1.94 bits per heavy atom. The van der Waals surface area contributed by atoms with Crippen molar-refractivity contribution in [3.05, 3.63) is 28.0 Å². The molecule has 6 heteroatoms. The van der Waals surface area contributed by atoms with E-state index in [2.05, 4.69) is 4.98 Å². The van der Waals surface area contributed by atoms with Crippen molar-refractivity contribution >= 4 is 29.1 Å². The highest BCUT2D eigenvalue weighted by Crippen LogP contribution is 2.19. The zero-order valence-electron chi connectivity index (χ0n) is 10.1. The summed E-state index contributed by atoms with van der Waals surface area (Å²) in [5.41, 5.74) is 0.382. The predicted octanol–water partition coefficient (Wildman–Crippen LogP) is 2.02. The molecule has 0 aliphatic carbocycles. The minimum absolute atomic E-state index is 0.152. The number of carbonyl (C=O) groups excluding carboxylic acids is 1. The van der Waals surface area contributed by atoms with Crippen LogP contribution in [0.3, 0.4) is 0 Å².